The fourth-order valence-electron chi connectivity index (χ4n) is 1.93. The number of rotatable bonds is 3. The number of hydrogen-bond donors (Lipinski definition) is 2. The number of benzene rings is 1. The molecule has 0 fully saturated rings. The van der Waals surface area contributed by atoms with Gasteiger partial charge in [0, 0.05) is 5.56 Å². The summed E-state index contributed by atoms with van der Waals surface area (Å²) in [6.07, 6.45) is 1.02. The largest absolute Gasteiger partial charge is 0.436 e. The third kappa shape index (κ3) is 3.46. The molecule has 0 saturated heterocycles. The summed E-state index contributed by atoms with van der Waals surface area (Å²) >= 11 is 0. The lowest BCUT2D eigenvalue weighted by molar-refractivity contribution is 0.406. The molecule has 0 unspecified atom stereocenters. The zero-order chi connectivity index (χ0) is 15.6. The maximum absolute atomic E-state index is 13.8. The lowest BCUT2D eigenvalue weighted by Gasteiger charge is -2.23. The molecule has 0 radical (unpaired) electrons. The maximum Gasteiger partial charge on any atom is 0.260 e. The van der Waals surface area contributed by atoms with E-state index in [1.165, 1.54) is 0 Å². The molecule has 1 aromatic heterocycles. The van der Waals surface area contributed by atoms with E-state index in [1.807, 2.05) is 25.1 Å². The highest BCUT2D eigenvalue weighted by atomic mass is 19.1. The first-order chi connectivity index (χ1) is 9.81. The van der Waals surface area contributed by atoms with Crippen molar-refractivity contribution in [1.82, 2.24) is 9.97 Å². The topological polar surface area (TPSA) is 73.1 Å². The van der Waals surface area contributed by atoms with Gasteiger partial charge in [-0.15, -0.1) is 0 Å². The van der Waals surface area contributed by atoms with Crippen LogP contribution in [0.3, 0.4) is 0 Å². The molecule has 5 nitrogen and oxygen atoms in total. The summed E-state index contributed by atoms with van der Waals surface area (Å²) in [5.74, 6) is 5.10. The van der Waals surface area contributed by atoms with E-state index in [0.29, 0.717) is 5.75 Å². The van der Waals surface area contributed by atoms with Gasteiger partial charge in [0.25, 0.3) is 5.88 Å². The number of nitrogens with two attached hydrogens (primary N) is 1. The Morgan fingerprint density at radius 2 is 2.00 bits per heavy atom. The molecule has 21 heavy (non-hydrogen) atoms. The summed E-state index contributed by atoms with van der Waals surface area (Å²) in [4.78, 5) is 7.58. The molecule has 3 N–H and O–H groups in total. The van der Waals surface area contributed by atoms with Gasteiger partial charge < -0.3 is 4.74 Å². The Morgan fingerprint density at radius 1 is 1.29 bits per heavy atom. The lowest BCUT2D eigenvalue weighted by Crippen LogP contribution is -2.14. The van der Waals surface area contributed by atoms with Crippen LogP contribution in [-0.4, -0.2) is 9.97 Å². The van der Waals surface area contributed by atoms with E-state index in [4.69, 9.17) is 10.6 Å². The summed E-state index contributed by atoms with van der Waals surface area (Å²) in [5.41, 5.74) is 4.11. The zero-order valence-electron chi connectivity index (χ0n) is 12.6. The van der Waals surface area contributed by atoms with Crippen molar-refractivity contribution in [3.63, 3.8) is 0 Å². The van der Waals surface area contributed by atoms with Crippen molar-refractivity contribution in [1.29, 1.82) is 0 Å². The van der Waals surface area contributed by atoms with Gasteiger partial charge in [-0.2, -0.15) is 9.37 Å². The Kier molecular flexibility index (Phi) is 4.09. The standard InChI is InChI=1S/C15H19FN4O/c1-9-5-6-10(15(2,3)4)12(7-9)21-13-11(16)8-18-14(19-13)20-17/h5-8H,17H2,1-4H3,(H,18,19,20). The monoisotopic (exact) mass is 290 g/mol. The first kappa shape index (κ1) is 15.2. The van der Waals surface area contributed by atoms with Crippen LogP contribution in [0, 0.1) is 12.7 Å². The Labute approximate surface area is 123 Å². The van der Waals surface area contributed by atoms with Crippen LogP contribution in [0.5, 0.6) is 11.6 Å². The highest BCUT2D eigenvalue weighted by Gasteiger charge is 2.21. The molecule has 2 rings (SSSR count). The van der Waals surface area contributed by atoms with Gasteiger partial charge in [-0.25, -0.2) is 10.8 Å². The van der Waals surface area contributed by atoms with Crippen molar-refractivity contribution < 1.29 is 9.13 Å². The normalized spacial score (nSPS) is 11.3. The average molecular weight is 290 g/mol. The molecule has 6 heteroatoms. The van der Waals surface area contributed by atoms with Crippen molar-refractivity contribution in [3.05, 3.63) is 41.3 Å². The Balaban J connectivity index is 2.46. The summed E-state index contributed by atoms with van der Waals surface area (Å²) < 4.78 is 19.5. The van der Waals surface area contributed by atoms with E-state index in [0.717, 1.165) is 17.3 Å². The molecule has 1 heterocycles. The van der Waals surface area contributed by atoms with Crippen molar-refractivity contribution in [2.24, 2.45) is 5.84 Å². The van der Waals surface area contributed by atoms with Crippen molar-refractivity contribution in [3.8, 4) is 11.6 Å². The van der Waals surface area contributed by atoms with Crippen LogP contribution >= 0.6 is 0 Å². The third-order valence-corrected chi connectivity index (χ3v) is 2.99. The minimum atomic E-state index is -0.643. The molecular formula is C15H19FN4O. The first-order valence-corrected chi connectivity index (χ1v) is 6.59. The van der Waals surface area contributed by atoms with E-state index < -0.39 is 5.82 Å². The molecule has 0 bridgehead atoms. The van der Waals surface area contributed by atoms with Crippen LogP contribution in [0.4, 0.5) is 10.3 Å². The molecule has 1 aromatic carbocycles. The number of anilines is 1. The van der Waals surface area contributed by atoms with Crippen molar-refractivity contribution in [2.45, 2.75) is 33.1 Å². The molecule has 0 atom stereocenters. The summed E-state index contributed by atoms with van der Waals surface area (Å²) in [5, 5.41) is 0. The van der Waals surface area contributed by atoms with E-state index in [2.05, 4.69) is 36.2 Å². The number of hydrogen-bond acceptors (Lipinski definition) is 5. The van der Waals surface area contributed by atoms with Crippen LogP contribution < -0.4 is 16.0 Å². The van der Waals surface area contributed by atoms with Gasteiger partial charge >= 0.3 is 0 Å². The van der Waals surface area contributed by atoms with Gasteiger partial charge in [0.05, 0.1) is 6.20 Å². The second kappa shape index (κ2) is 5.65. The first-order valence-electron chi connectivity index (χ1n) is 6.59. The van der Waals surface area contributed by atoms with Gasteiger partial charge in [-0.1, -0.05) is 32.9 Å². The number of nitrogen functional groups attached to an aromatic ring is 1. The number of ether oxygens (including phenoxy) is 1. The molecule has 0 aliphatic heterocycles. The molecule has 2 aromatic rings. The molecule has 0 saturated carbocycles. The van der Waals surface area contributed by atoms with Gasteiger partial charge in [0.15, 0.2) is 0 Å². The maximum atomic E-state index is 13.8. The predicted molar refractivity (Wildman–Crippen MR) is 79.8 cm³/mol. The molecule has 0 aliphatic carbocycles. The van der Waals surface area contributed by atoms with Crippen LogP contribution in [0.1, 0.15) is 31.9 Å². The number of halogens is 1. The highest BCUT2D eigenvalue weighted by molar-refractivity contribution is 5.43. The fraction of sp³-hybridized carbons (Fsp3) is 0.333. The number of nitrogens with one attached hydrogen (secondary N) is 1. The van der Waals surface area contributed by atoms with Gasteiger partial charge in [-0.05, 0) is 24.0 Å². The lowest BCUT2D eigenvalue weighted by atomic mass is 9.86. The minimum absolute atomic E-state index is 0.0939. The molecule has 0 spiro atoms. The van der Waals surface area contributed by atoms with Crippen molar-refractivity contribution >= 4 is 5.95 Å². The van der Waals surface area contributed by atoms with Crippen LogP contribution in [0.15, 0.2) is 24.4 Å². The second-order valence-electron chi connectivity index (χ2n) is 5.84. The summed E-state index contributed by atoms with van der Waals surface area (Å²) in [6.45, 7) is 8.14. The van der Waals surface area contributed by atoms with Crippen molar-refractivity contribution in [2.75, 3.05) is 5.43 Å². The smallest absolute Gasteiger partial charge is 0.260 e. The Hall–Kier alpha value is -2.21. The zero-order valence-corrected chi connectivity index (χ0v) is 12.6. The van der Waals surface area contributed by atoms with E-state index >= 15 is 0 Å². The average Bonchev–Trinajstić information content (AvgIpc) is 2.40. The molecule has 0 amide bonds. The Bertz CT molecular complexity index is 653. The number of hydrazine groups is 1. The second-order valence-corrected chi connectivity index (χ2v) is 5.84. The predicted octanol–water partition coefficient (Wildman–Crippen LogP) is 3.30. The number of nitrogens with zero attached hydrogens (tertiary/aromatic N) is 2. The summed E-state index contributed by atoms with van der Waals surface area (Å²) in [6, 6.07) is 5.83. The minimum Gasteiger partial charge on any atom is -0.436 e. The molecular weight excluding hydrogens is 271 g/mol. The third-order valence-electron chi connectivity index (χ3n) is 2.99. The SMILES string of the molecule is Cc1ccc(C(C)(C)C)c(Oc2nc(NN)ncc2F)c1. The number of aryl methyl sites for hydroxylation is 1. The quantitative estimate of drug-likeness (QED) is 0.670. The summed E-state index contributed by atoms with van der Waals surface area (Å²) in [7, 11) is 0. The van der Waals surface area contributed by atoms with Crippen LogP contribution in [0.2, 0.25) is 0 Å². The van der Waals surface area contributed by atoms with E-state index in [-0.39, 0.29) is 17.2 Å². The number of aromatic nitrogens is 2. The van der Waals surface area contributed by atoms with Gasteiger partial charge in [0.1, 0.15) is 5.75 Å². The molecule has 0 aliphatic rings. The van der Waals surface area contributed by atoms with Crippen LogP contribution in [0.25, 0.3) is 0 Å². The van der Waals surface area contributed by atoms with E-state index in [1.54, 1.807) is 0 Å². The van der Waals surface area contributed by atoms with Gasteiger partial charge in [-0.3, -0.25) is 5.43 Å². The van der Waals surface area contributed by atoms with Crippen LogP contribution in [-0.2, 0) is 5.41 Å². The van der Waals surface area contributed by atoms with E-state index in [9.17, 15) is 4.39 Å². The van der Waals surface area contributed by atoms with Gasteiger partial charge in [0.2, 0.25) is 11.8 Å². The molecule has 112 valence electrons. The highest BCUT2D eigenvalue weighted by Crippen LogP contribution is 2.35. The Morgan fingerprint density at radius 3 is 2.62 bits per heavy atom. The fourth-order valence-corrected chi connectivity index (χ4v) is 1.93.